The second-order valence-corrected chi connectivity index (χ2v) is 3.15. The van der Waals surface area contributed by atoms with Gasteiger partial charge in [0.1, 0.15) is 0 Å². The van der Waals surface area contributed by atoms with Crippen molar-refractivity contribution in [2.24, 2.45) is 0 Å². The Balaban J connectivity index is 2.43. The lowest BCUT2D eigenvalue weighted by atomic mass is 10.1. The quantitative estimate of drug-likeness (QED) is 0.832. The van der Waals surface area contributed by atoms with Gasteiger partial charge in [-0.15, -0.1) is 0 Å². The molecule has 0 saturated carbocycles. The molecule has 2 rings (SSSR count). The van der Waals surface area contributed by atoms with E-state index in [0.717, 1.165) is 22.8 Å². The number of rotatable bonds is 3. The molecular weight excluding hydrogens is 190 g/mol. The molecule has 15 heavy (non-hydrogen) atoms. The molecular formula is C12H13NO2. The first-order valence-corrected chi connectivity index (χ1v) is 4.71. The molecule has 78 valence electrons. The Hall–Kier alpha value is -1.90. The van der Waals surface area contributed by atoms with Crippen LogP contribution >= 0.6 is 0 Å². The molecule has 0 saturated heterocycles. The Morgan fingerprint density at radius 3 is 2.40 bits per heavy atom. The molecule has 1 heterocycles. The van der Waals surface area contributed by atoms with Crippen LogP contribution in [0.3, 0.4) is 0 Å². The molecule has 0 unspecified atom stereocenters. The van der Waals surface area contributed by atoms with Gasteiger partial charge in [0.05, 0.1) is 14.2 Å². The number of nitrogens with one attached hydrogen (secondary N) is 1. The van der Waals surface area contributed by atoms with Gasteiger partial charge in [0.25, 0.3) is 0 Å². The van der Waals surface area contributed by atoms with Crippen LogP contribution in [0.2, 0.25) is 0 Å². The summed E-state index contributed by atoms with van der Waals surface area (Å²) in [5.41, 5.74) is 2.15. The maximum atomic E-state index is 5.24. The van der Waals surface area contributed by atoms with Crippen molar-refractivity contribution in [1.82, 2.24) is 4.98 Å². The summed E-state index contributed by atoms with van der Waals surface area (Å²) in [6.07, 6.45) is 1.89. The number of hydrogen-bond donors (Lipinski definition) is 1. The van der Waals surface area contributed by atoms with Crippen LogP contribution < -0.4 is 9.47 Å². The van der Waals surface area contributed by atoms with Crippen molar-refractivity contribution in [2.45, 2.75) is 0 Å². The van der Waals surface area contributed by atoms with Crippen molar-refractivity contribution < 1.29 is 9.47 Å². The SMILES string of the molecule is COc1ccc(-c2ccc[nH]2)cc1OC. The van der Waals surface area contributed by atoms with Crippen LogP contribution in [-0.4, -0.2) is 19.2 Å². The van der Waals surface area contributed by atoms with Gasteiger partial charge in [0.2, 0.25) is 0 Å². The molecule has 0 atom stereocenters. The van der Waals surface area contributed by atoms with Gasteiger partial charge in [-0.25, -0.2) is 0 Å². The molecule has 1 N–H and O–H groups in total. The van der Waals surface area contributed by atoms with E-state index in [1.165, 1.54) is 0 Å². The number of aromatic nitrogens is 1. The molecule has 0 aliphatic carbocycles. The summed E-state index contributed by atoms with van der Waals surface area (Å²) in [5.74, 6) is 1.48. The van der Waals surface area contributed by atoms with Crippen LogP contribution in [0.5, 0.6) is 11.5 Å². The van der Waals surface area contributed by atoms with Gasteiger partial charge in [-0.2, -0.15) is 0 Å². The smallest absolute Gasteiger partial charge is 0.161 e. The molecule has 0 aliphatic rings. The number of ether oxygens (including phenoxy) is 2. The maximum Gasteiger partial charge on any atom is 0.161 e. The van der Waals surface area contributed by atoms with E-state index in [4.69, 9.17) is 9.47 Å². The van der Waals surface area contributed by atoms with Crippen LogP contribution in [0.4, 0.5) is 0 Å². The van der Waals surface area contributed by atoms with Crippen molar-refractivity contribution >= 4 is 0 Å². The molecule has 1 aromatic carbocycles. The Labute approximate surface area is 88.7 Å². The van der Waals surface area contributed by atoms with Gasteiger partial charge >= 0.3 is 0 Å². The van der Waals surface area contributed by atoms with Gasteiger partial charge < -0.3 is 14.5 Å². The van der Waals surface area contributed by atoms with Crippen LogP contribution in [0.25, 0.3) is 11.3 Å². The van der Waals surface area contributed by atoms with E-state index in [9.17, 15) is 0 Å². The average Bonchev–Trinajstić information content (AvgIpc) is 2.81. The van der Waals surface area contributed by atoms with Crippen molar-refractivity contribution in [3.05, 3.63) is 36.5 Å². The third kappa shape index (κ3) is 1.81. The zero-order chi connectivity index (χ0) is 10.7. The highest BCUT2D eigenvalue weighted by molar-refractivity contribution is 5.64. The molecule has 3 nitrogen and oxygen atoms in total. The van der Waals surface area contributed by atoms with Gasteiger partial charge in [-0.1, -0.05) is 0 Å². The van der Waals surface area contributed by atoms with E-state index in [0.29, 0.717) is 0 Å². The third-order valence-corrected chi connectivity index (χ3v) is 2.29. The lowest BCUT2D eigenvalue weighted by Gasteiger charge is -2.08. The maximum absolute atomic E-state index is 5.24. The average molecular weight is 203 g/mol. The van der Waals surface area contributed by atoms with Crippen molar-refractivity contribution in [3.63, 3.8) is 0 Å². The highest BCUT2D eigenvalue weighted by Gasteiger charge is 2.05. The lowest BCUT2D eigenvalue weighted by molar-refractivity contribution is 0.355. The molecule has 0 amide bonds. The zero-order valence-electron chi connectivity index (χ0n) is 8.78. The van der Waals surface area contributed by atoms with Gasteiger partial charge in [-0.05, 0) is 30.3 Å². The Bertz CT molecular complexity index is 435. The number of aromatic amines is 1. The fraction of sp³-hybridized carbons (Fsp3) is 0.167. The predicted molar refractivity (Wildman–Crippen MR) is 59.3 cm³/mol. The van der Waals surface area contributed by atoms with Crippen molar-refractivity contribution in [3.8, 4) is 22.8 Å². The predicted octanol–water partition coefficient (Wildman–Crippen LogP) is 2.70. The first-order chi connectivity index (χ1) is 7.35. The van der Waals surface area contributed by atoms with Gasteiger partial charge in [0, 0.05) is 17.5 Å². The topological polar surface area (TPSA) is 34.2 Å². The first kappa shape index (κ1) is 9.65. The highest BCUT2D eigenvalue weighted by Crippen LogP contribution is 2.31. The van der Waals surface area contributed by atoms with E-state index < -0.39 is 0 Å². The minimum absolute atomic E-state index is 0.740. The van der Waals surface area contributed by atoms with Crippen molar-refractivity contribution in [1.29, 1.82) is 0 Å². The lowest BCUT2D eigenvalue weighted by Crippen LogP contribution is -1.90. The number of H-pyrrole nitrogens is 1. The van der Waals surface area contributed by atoms with E-state index in [1.807, 2.05) is 36.5 Å². The Morgan fingerprint density at radius 1 is 1.00 bits per heavy atom. The number of benzene rings is 1. The number of methoxy groups -OCH3 is 2. The van der Waals surface area contributed by atoms with Crippen LogP contribution in [0.1, 0.15) is 0 Å². The van der Waals surface area contributed by atoms with Crippen molar-refractivity contribution in [2.75, 3.05) is 14.2 Å². The summed E-state index contributed by atoms with van der Waals surface area (Å²) in [5, 5.41) is 0. The molecule has 0 radical (unpaired) electrons. The molecule has 3 heteroatoms. The minimum Gasteiger partial charge on any atom is -0.493 e. The summed E-state index contributed by atoms with van der Waals surface area (Å²) < 4.78 is 10.4. The van der Waals surface area contributed by atoms with E-state index in [2.05, 4.69) is 4.98 Å². The molecule has 2 aromatic rings. The van der Waals surface area contributed by atoms with Crippen LogP contribution in [0, 0.1) is 0 Å². The van der Waals surface area contributed by atoms with Gasteiger partial charge in [-0.3, -0.25) is 0 Å². The summed E-state index contributed by atoms with van der Waals surface area (Å²) in [4.78, 5) is 3.15. The third-order valence-electron chi connectivity index (χ3n) is 2.29. The van der Waals surface area contributed by atoms with Gasteiger partial charge in [0.15, 0.2) is 11.5 Å². The second kappa shape index (κ2) is 4.09. The molecule has 0 aliphatic heterocycles. The second-order valence-electron chi connectivity index (χ2n) is 3.15. The Morgan fingerprint density at radius 2 is 1.80 bits per heavy atom. The monoisotopic (exact) mass is 203 g/mol. The van der Waals surface area contributed by atoms with E-state index >= 15 is 0 Å². The summed E-state index contributed by atoms with van der Waals surface area (Å²) >= 11 is 0. The normalized spacial score (nSPS) is 10.0. The molecule has 0 bridgehead atoms. The van der Waals surface area contributed by atoms with Crippen LogP contribution in [-0.2, 0) is 0 Å². The fourth-order valence-electron chi connectivity index (χ4n) is 1.51. The Kier molecular flexibility index (Phi) is 2.63. The van der Waals surface area contributed by atoms with E-state index in [1.54, 1.807) is 14.2 Å². The van der Waals surface area contributed by atoms with Crippen LogP contribution in [0.15, 0.2) is 36.5 Å². The fourth-order valence-corrected chi connectivity index (χ4v) is 1.51. The minimum atomic E-state index is 0.740. The zero-order valence-corrected chi connectivity index (χ0v) is 8.78. The van der Waals surface area contributed by atoms with E-state index in [-0.39, 0.29) is 0 Å². The largest absolute Gasteiger partial charge is 0.493 e. The summed E-state index contributed by atoms with van der Waals surface area (Å²) in [6.45, 7) is 0. The molecule has 0 spiro atoms. The number of hydrogen-bond acceptors (Lipinski definition) is 2. The summed E-state index contributed by atoms with van der Waals surface area (Å²) in [7, 11) is 3.27. The summed E-state index contributed by atoms with van der Waals surface area (Å²) in [6, 6.07) is 9.82. The highest BCUT2D eigenvalue weighted by atomic mass is 16.5. The first-order valence-electron chi connectivity index (χ1n) is 4.71. The molecule has 0 fully saturated rings. The standard InChI is InChI=1S/C12H13NO2/c1-14-11-6-5-9(8-12(11)15-2)10-4-3-7-13-10/h3-8,13H,1-2H3. The molecule has 1 aromatic heterocycles.